The van der Waals surface area contributed by atoms with Gasteiger partial charge in [0.25, 0.3) is 5.91 Å². The van der Waals surface area contributed by atoms with Crippen molar-refractivity contribution in [3.63, 3.8) is 0 Å². The molecule has 0 spiro atoms. The van der Waals surface area contributed by atoms with Gasteiger partial charge in [0.05, 0.1) is 24.9 Å². The molecule has 0 radical (unpaired) electrons. The molecule has 0 saturated carbocycles. The lowest BCUT2D eigenvalue weighted by molar-refractivity contribution is -0.0691. The molecule has 4 rings (SSSR count). The number of piperidine rings is 1. The number of hydrogen-bond acceptors (Lipinski definition) is 6. The van der Waals surface area contributed by atoms with Gasteiger partial charge in [0, 0.05) is 6.54 Å². The highest BCUT2D eigenvalue weighted by atomic mass is 32.1. The van der Waals surface area contributed by atoms with Crippen molar-refractivity contribution in [1.29, 1.82) is 0 Å². The maximum absolute atomic E-state index is 12.9. The molecule has 2 saturated heterocycles. The molecule has 2 atom stereocenters. The number of hydrogen-bond donors (Lipinski definition) is 1. The number of thiophene rings is 1. The molecule has 2 aromatic heterocycles. The number of aromatic nitrogens is 3. The summed E-state index contributed by atoms with van der Waals surface area (Å²) in [5, 5.41) is 15.8. The first-order chi connectivity index (χ1) is 12.2. The molecule has 2 fully saturated rings. The van der Waals surface area contributed by atoms with Crippen LogP contribution in [-0.2, 0) is 4.74 Å². The number of ether oxygens (including phenoxy) is 1. The second kappa shape index (κ2) is 7.23. The van der Waals surface area contributed by atoms with Crippen LogP contribution in [0.25, 0.3) is 0 Å². The fraction of sp³-hybridized carbons (Fsp3) is 0.588. The van der Waals surface area contributed by atoms with E-state index in [9.17, 15) is 4.79 Å². The lowest BCUT2D eigenvalue weighted by Gasteiger charge is -2.36. The Morgan fingerprint density at radius 2 is 2.20 bits per heavy atom. The Hall–Kier alpha value is -1.77. The molecule has 2 aliphatic rings. The molecule has 25 heavy (non-hydrogen) atoms. The lowest BCUT2D eigenvalue weighted by atomic mass is 10.1. The number of carbonyl (C=O) groups excluding carboxylic acids is 1. The Bertz CT molecular complexity index is 710. The lowest BCUT2D eigenvalue weighted by Crippen LogP contribution is -2.46. The van der Waals surface area contributed by atoms with Gasteiger partial charge in [-0.05, 0) is 55.2 Å². The predicted molar refractivity (Wildman–Crippen MR) is 94.7 cm³/mol. The van der Waals surface area contributed by atoms with E-state index in [-0.39, 0.29) is 18.1 Å². The monoisotopic (exact) mass is 361 g/mol. The summed E-state index contributed by atoms with van der Waals surface area (Å²) in [5.41, 5.74) is 1.56. The number of amides is 1. The quantitative estimate of drug-likeness (QED) is 0.904. The molecule has 0 aromatic carbocycles. The molecule has 0 aliphatic carbocycles. The smallest absolute Gasteiger partial charge is 0.276 e. The molecule has 7 nitrogen and oxygen atoms in total. The van der Waals surface area contributed by atoms with Gasteiger partial charge in [-0.15, -0.1) is 5.10 Å². The van der Waals surface area contributed by atoms with Gasteiger partial charge in [-0.3, -0.25) is 4.79 Å². The van der Waals surface area contributed by atoms with Crippen molar-refractivity contribution in [3.05, 3.63) is 34.3 Å². The topological polar surface area (TPSA) is 72.3 Å². The normalized spacial score (nSPS) is 25.2. The zero-order valence-electron chi connectivity index (χ0n) is 14.3. The van der Waals surface area contributed by atoms with Gasteiger partial charge in [-0.25, -0.2) is 4.68 Å². The van der Waals surface area contributed by atoms with Crippen LogP contribution in [0.4, 0.5) is 0 Å². The third-order valence-corrected chi connectivity index (χ3v) is 5.58. The van der Waals surface area contributed by atoms with Gasteiger partial charge in [-0.1, -0.05) is 5.21 Å². The van der Waals surface area contributed by atoms with Gasteiger partial charge in [0.15, 0.2) is 5.69 Å². The van der Waals surface area contributed by atoms with E-state index < -0.39 is 0 Å². The Labute approximate surface area is 151 Å². The second-order valence-corrected chi connectivity index (χ2v) is 7.55. The molecule has 8 heteroatoms. The minimum Gasteiger partial charge on any atom is -0.367 e. The van der Waals surface area contributed by atoms with E-state index in [1.165, 1.54) is 0 Å². The average molecular weight is 361 g/mol. The highest BCUT2D eigenvalue weighted by Crippen LogP contribution is 2.27. The second-order valence-electron chi connectivity index (χ2n) is 6.77. The fourth-order valence-corrected chi connectivity index (χ4v) is 4.25. The maximum Gasteiger partial charge on any atom is 0.276 e. The number of nitrogens with one attached hydrogen (secondary N) is 1. The van der Waals surface area contributed by atoms with Crippen molar-refractivity contribution >= 4 is 17.2 Å². The van der Waals surface area contributed by atoms with Crippen molar-refractivity contribution in [2.75, 3.05) is 26.2 Å². The fourth-order valence-electron chi connectivity index (χ4n) is 3.55. The van der Waals surface area contributed by atoms with E-state index in [0.717, 1.165) is 31.5 Å². The first kappa shape index (κ1) is 16.7. The summed E-state index contributed by atoms with van der Waals surface area (Å²) in [6, 6.07) is 2.39. The van der Waals surface area contributed by atoms with Crippen molar-refractivity contribution in [2.24, 2.45) is 0 Å². The van der Waals surface area contributed by atoms with Crippen LogP contribution < -0.4 is 5.32 Å². The molecule has 0 unspecified atom stereocenters. The molecule has 1 N–H and O–H groups in total. The van der Waals surface area contributed by atoms with Crippen molar-refractivity contribution < 1.29 is 9.53 Å². The number of nitrogens with zero attached hydrogens (tertiary/aromatic N) is 4. The molecule has 134 valence electrons. The van der Waals surface area contributed by atoms with Crippen LogP contribution >= 0.6 is 11.3 Å². The van der Waals surface area contributed by atoms with Gasteiger partial charge in [-0.2, -0.15) is 11.3 Å². The summed E-state index contributed by atoms with van der Waals surface area (Å²) in [4.78, 5) is 14.7. The minimum absolute atomic E-state index is 0.00191. The maximum atomic E-state index is 12.9. The summed E-state index contributed by atoms with van der Waals surface area (Å²) in [6.07, 6.45) is 3.77. The van der Waals surface area contributed by atoms with Crippen LogP contribution in [0.15, 0.2) is 23.0 Å². The van der Waals surface area contributed by atoms with Gasteiger partial charge in [0.1, 0.15) is 6.10 Å². The van der Waals surface area contributed by atoms with Crippen molar-refractivity contribution in [1.82, 2.24) is 25.2 Å². The number of rotatable bonds is 3. The van der Waals surface area contributed by atoms with Crippen LogP contribution in [0.1, 0.15) is 48.0 Å². The molecule has 2 aromatic rings. The predicted octanol–water partition coefficient (Wildman–Crippen LogP) is 1.87. The Morgan fingerprint density at radius 3 is 2.96 bits per heavy atom. The number of morpholine rings is 1. The largest absolute Gasteiger partial charge is 0.367 e. The standard InChI is InChI=1S/C17H23N5O2S/c1-12-8-21(10-16(24-12)13-4-7-25-11-13)17(23)15-9-22(20-19-15)14-2-5-18-6-3-14/h4,7,9,11-12,14,16,18H,2-3,5-6,8,10H2,1H3/t12-,16-/m0/s1. The van der Waals surface area contributed by atoms with Gasteiger partial charge in [0.2, 0.25) is 0 Å². The molecule has 2 aliphatic heterocycles. The Balaban J connectivity index is 1.47. The van der Waals surface area contributed by atoms with Crippen molar-refractivity contribution in [3.8, 4) is 0 Å². The van der Waals surface area contributed by atoms with E-state index in [0.29, 0.717) is 24.8 Å². The van der Waals surface area contributed by atoms with Crippen molar-refractivity contribution in [2.45, 2.75) is 38.0 Å². The Morgan fingerprint density at radius 1 is 1.36 bits per heavy atom. The highest BCUT2D eigenvalue weighted by Gasteiger charge is 2.31. The molecule has 4 heterocycles. The molecule has 1 amide bonds. The average Bonchev–Trinajstić information content (AvgIpc) is 3.33. The zero-order valence-corrected chi connectivity index (χ0v) is 15.1. The van der Waals surface area contributed by atoms with Crippen LogP contribution in [0.2, 0.25) is 0 Å². The highest BCUT2D eigenvalue weighted by molar-refractivity contribution is 7.07. The van der Waals surface area contributed by atoms with Gasteiger partial charge >= 0.3 is 0 Å². The molecular formula is C17H23N5O2S. The first-order valence-corrected chi connectivity index (χ1v) is 9.74. The molecular weight excluding hydrogens is 338 g/mol. The number of carbonyl (C=O) groups is 1. The zero-order chi connectivity index (χ0) is 17.2. The summed E-state index contributed by atoms with van der Waals surface area (Å²) in [5.74, 6) is -0.0597. The molecule has 0 bridgehead atoms. The van der Waals surface area contributed by atoms with E-state index in [1.54, 1.807) is 17.5 Å². The van der Waals surface area contributed by atoms with E-state index in [1.807, 2.05) is 21.9 Å². The summed E-state index contributed by atoms with van der Waals surface area (Å²) < 4.78 is 7.87. The van der Waals surface area contributed by atoms with Crippen LogP contribution in [-0.4, -0.2) is 58.1 Å². The van der Waals surface area contributed by atoms with E-state index in [2.05, 4.69) is 27.1 Å². The summed E-state index contributed by atoms with van der Waals surface area (Å²) in [6.45, 7) is 5.11. The van der Waals surface area contributed by atoms with E-state index >= 15 is 0 Å². The van der Waals surface area contributed by atoms with Crippen LogP contribution in [0.3, 0.4) is 0 Å². The third kappa shape index (κ3) is 3.61. The SMILES string of the molecule is C[C@H]1CN(C(=O)c2cn(C3CCNCC3)nn2)C[C@@H](c2ccsc2)O1. The Kier molecular flexibility index (Phi) is 4.82. The van der Waals surface area contributed by atoms with Crippen LogP contribution in [0, 0.1) is 0 Å². The summed E-state index contributed by atoms with van der Waals surface area (Å²) in [7, 11) is 0. The minimum atomic E-state index is -0.0709. The van der Waals surface area contributed by atoms with Crippen LogP contribution in [0.5, 0.6) is 0 Å². The van der Waals surface area contributed by atoms with Gasteiger partial charge < -0.3 is 15.0 Å². The third-order valence-electron chi connectivity index (χ3n) is 4.87. The first-order valence-electron chi connectivity index (χ1n) is 8.80. The van der Waals surface area contributed by atoms with E-state index in [4.69, 9.17) is 4.74 Å². The summed E-state index contributed by atoms with van der Waals surface area (Å²) >= 11 is 1.65.